The molecule has 0 bridgehead atoms. The quantitative estimate of drug-likeness (QED) is 0.833. The van der Waals surface area contributed by atoms with Gasteiger partial charge in [-0.05, 0) is 19.8 Å². The Kier molecular flexibility index (Phi) is 4.46. The van der Waals surface area contributed by atoms with Crippen molar-refractivity contribution < 1.29 is 21.6 Å². The van der Waals surface area contributed by atoms with Crippen molar-refractivity contribution in [3.05, 3.63) is 17.6 Å². The molecule has 20 heavy (non-hydrogen) atoms. The van der Waals surface area contributed by atoms with Crippen LogP contribution in [0.15, 0.2) is 15.4 Å². The lowest BCUT2D eigenvalue weighted by Crippen LogP contribution is -2.31. The topological polar surface area (TPSA) is 62.6 Å². The molecule has 114 valence electrons. The molecule has 1 fully saturated rings. The molecule has 0 aromatic carbocycles. The first-order chi connectivity index (χ1) is 9.30. The summed E-state index contributed by atoms with van der Waals surface area (Å²) < 4.78 is 55.0. The van der Waals surface area contributed by atoms with Gasteiger partial charge in [-0.25, -0.2) is 17.2 Å². The van der Waals surface area contributed by atoms with E-state index in [9.17, 15) is 17.2 Å². The highest BCUT2D eigenvalue weighted by molar-refractivity contribution is 7.89. The number of nitrogens with zero attached hydrogens (tertiary/aromatic N) is 1. The monoisotopic (exact) mass is 308 g/mol. The summed E-state index contributed by atoms with van der Waals surface area (Å²) in [6.45, 7) is 1.13. The second kappa shape index (κ2) is 5.79. The van der Waals surface area contributed by atoms with Crippen LogP contribution in [0.1, 0.15) is 24.4 Å². The lowest BCUT2D eigenvalue weighted by atomic mass is 10.4. The van der Waals surface area contributed by atoms with Crippen LogP contribution in [0.4, 0.5) is 8.78 Å². The normalized spacial score (nSPS) is 16.3. The number of rotatable bonds is 7. The number of halogens is 2. The molecule has 1 aromatic heterocycles. The minimum Gasteiger partial charge on any atom is -0.464 e. The number of sulfonamides is 1. The average Bonchev–Trinajstić information content (AvgIpc) is 3.08. The average molecular weight is 308 g/mol. The van der Waals surface area contributed by atoms with E-state index in [-0.39, 0.29) is 10.7 Å². The second-order valence-corrected chi connectivity index (χ2v) is 6.98. The van der Waals surface area contributed by atoms with Crippen molar-refractivity contribution in [3.63, 3.8) is 0 Å². The Morgan fingerprint density at radius 2 is 2.15 bits per heavy atom. The molecule has 1 aliphatic rings. The van der Waals surface area contributed by atoms with E-state index in [0.717, 1.165) is 19.9 Å². The zero-order chi connectivity index (χ0) is 14.9. The minimum absolute atomic E-state index is 0.0479. The number of alkyl halides is 2. The van der Waals surface area contributed by atoms with Gasteiger partial charge in [0, 0.05) is 19.2 Å². The van der Waals surface area contributed by atoms with E-state index in [4.69, 9.17) is 4.42 Å². The summed E-state index contributed by atoms with van der Waals surface area (Å²) in [4.78, 5) is -0.0479. The lowest BCUT2D eigenvalue weighted by molar-refractivity contribution is 0.126. The SMILES string of the molecule is Cc1oc(CNC2CC2)cc1S(=O)(=O)N(C)CC(F)F. The number of furan rings is 1. The molecule has 1 N–H and O–H groups in total. The van der Waals surface area contributed by atoms with Crippen LogP contribution < -0.4 is 5.32 Å². The predicted octanol–water partition coefficient (Wildman–Crippen LogP) is 1.73. The molecular formula is C12H18F2N2O3S. The fourth-order valence-corrected chi connectivity index (χ4v) is 3.19. The Bertz CT molecular complexity index is 567. The molecule has 0 atom stereocenters. The van der Waals surface area contributed by atoms with Crippen LogP contribution in [0.2, 0.25) is 0 Å². The van der Waals surface area contributed by atoms with Crippen molar-refractivity contribution >= 4 is 10.0 Å². The Morgan fingerprint density at radius 1 is 1.50 bits per heavy atom. The van der Waals surface area contributed by atoms with Gasteiger partial charge < -0.3 is 9.73 Å². The van der Waals surface area contributed by atoms with Crippen molar-refractivity contribution in [2.24, 2.45) is 0 Å². The first-order valence-electron chi connectivity index (χ1n) is 6.38. The van der Waals surface area contributed by atoms with Crippen LogP contribution in [0.25, 0.3) is 0 Å². The van der Waals surface area contributed by atoms with Crippen LogP contribution in [0.3, 0.4) is 0 Å². The van der Waals surface area contributed by atoms with Gasteiger partial charge in [0.15, 0.2) is 0 Å². The molecule has 1 saturated carbocycles. The van der Waals surface area contributed by atoms with Crippen molar-refractivity contribution in [3.8, 4) is 0 Å². The van der Waals surface area contributed by atoms with Gasteiger partial charge in [0.1, 0.15) is 16.4 Å². The van der Waals surface area contributed by atoms with E-state index in [1.807, 2.05) is 0 Å². The van der Waals surface area contributed by atoms with Crippen LogP contribution in [-0.4, -0.2) is 38.8 Å². The fourth-order valence-electron chi connectivity index (χ4n) is 1.86. The van der Waals surface area contributed by atoms with E-state index in [1.165, 1.54) is 13.0 Å². The molecule has 0 radical (unpaired) electrons. The van der Waals surface area contributed by atoms with E-state index in [1.54, 1.807) is 0 Å². The Hall–Kier alpha value is -0.990. The highest BCUT2D eigenvalue weighted by Gasteiger charge is 2.28. The molecule has 0 amide bonds. The largest absolute Gasteiger partial charge is 0.464 e. The zero-order valence-corrected chi connectivity index (χ0v) is 12.2. The first-order valence-corrected chi connectivity index (χ1v) is 7.82. The van der Waals surface area contributed by atoms with E-state index >= 15 is 0 Å². The third-order valence-corrected chi connectivity index (χ3v) is 5.08. The van der Waals surface area contributed by atoms with Gasteiger partial charge >= 0.3 is 0 Å². The number of aryl methyl sites for hydroxylation is 1. The van der Waals surface area contributed by atoms with Crippen molar-refractivity contribution in [2.75, 3.05) is 13.6 Å². The Morgan fingerprint density at radius 3 is 2.70 bits per heavy atom. The maximum Gasteiger partial charge on any atom is 0.252 e. The van der Waals surface area contributed by atoms with Gasteiger partial charge in [-0.3, -0.25) is 0 Å². The van der Waals surface area contributed by atoms with Crippen molar-refractivity contribution in [2.45, 2.75) is 43.7 Å². The summed E-state index contributed by atoms with van der Waals surface area (Å²) >= 11 is 0. The van der Waals surface area contributed by atoms with Gasteiger partial charge in [0.05, 0.1) is 13.1 Å². The summed E-state index contributed by atoms with van der Waals surface area (Å²) in [7, 11) is -2.80. The van der Waals surface area contributed by atoms with E-state index < -0.39 is 23.0 Å². The Labute approximate surface area is 117 Å². The maximum atomic E-state index is 12.3. The Balaban J connectivity index is 2.13. The molecule has 1 aromatic rings. The summed E-state index contributed by atoms with van der Waals surface area (Å²) in [6.07, 6.45) is -0.484. The highest BCUT2D eigenvalue weighted by Crippen LogP contribution is 2.25. The molecule has 0 saturated heterocycles. The van der Waals surface area contributed by atoms with Crippen LogP contribution in [0, 0.1) is 6.92 Å². The predicted molar refractivity (Wildman–Crippen MR) is 69.1 cm³/mol. The molecule has 0 aliphatic heterocycles. The van der Waals surface area contributed by atoms with Gasteiger partial charge in [-0.1, -0.05) is 0 Å². The number of hydrogen-bond acceptors (Lipinski definition) is 4. The molecule has 8 heteroatoms. The first kappa shape index (κ1) is 15.4. The standard InChI is InChI=1S/C12H18F2N2O3S/c1-8-11(20(17,18)16(2)7-12(13)14)5-10(19-8)6-15-9-3-4-9/h5,9,12,15H,3-4,6-7H2,1-2H3. The van der Waals surface area contributed by atoms with Crippen LogP contribution in [-0.2, 0) is 16.6 Å². The molecule has 5 nitrogen and oxygen atoms in total. The molecule has 2 rings (SSSR count). The molecular weight excluding hydrogens is 290 g/mol. The number of hydrogen-bond donors (Lipinski definition) is 1. The summed E-state index contributed by atoms with van der Waals surface area (Å²) in [5.74, 6) is 0.720. The second-order valence-electron chi connectivity index (χ2n) is 4.96. The summed E-state index contributed by atoms with van der Waals surface area (Å²) in [6, 6.07) is 1.88. The molecule has 0 spiro atoms. The van der Waals surface area contributed by atoms with Crippen LogP contribution >= 0.6 is 0 Å². The van der Waals surface area contributed by atoms with Crippen LogP contribution in [0.5, 0.6) is 0 Å². The third-order valence-electron chi connectivity index (χ3n) is 3.15. The minimum atomic E-state index is -3.94. The van der Waals surface area contributed by atoms with E-state index in [2.05, 4.69) is 5.32 Å². The van der Waals surface area contributed by atoms with E-state index in [0.29, 0.717) is 22.7 Å². The molecule has 0 unspecified atom stereocenters. The van der Waals surface area contributed by atoms with Crippen molar-refractivity contribution in [1.82, 2.24) is 9.62 Å². The lowest BCUT2D eigenvalue weighted by Gasteiger charge is -2.15. The maximum absolute atomic E-state index is 12.3. The zero-order valence-electron chi connectivity index (χ0n) is 11.4. The fraction of sp³-hybridized carbons (Fsp3) is 0.667. The molecule has 1 aliphatic carbocycles. The van der Waals surface area contributed by atoms with Crippen molar-refractivity contribution in [1.29, 1.82) is 0 Å². The molecule has 1 heterocycles. The van der Waals surface area contributed by atoms with Gasteiger partial charge in [-0.15, -0.1) is 0 Å². The van der Waals surface area contributed by atoms with Gasteiger partial charge in [0.2, 0.25) is 10.0 Å². The summed E-state index contributed by atoms with van der Waals surface area (Å²) in [5, 5.41) is 3.20. The van der Waals surface area contributed by atoms with Gasteiger partial charge in [-0.2, -0.15) is 4.31 Å². The highest BCUT2D eigenvalue weighted by atomic mass is 32.2. The van der Waals surface area contributed by atoms with Gasteiger partial charge in [0.25, 0.3) is 6.43 Å². The summed E-state index contributed by atoms with van der Waals surface area (Å²) in [5.41, 5.74) is 0. The third kappa shape index (κ3) is 3.56. The number of nitrogens with one attached hydrogen (secondary N) is 1. The smallest absolute Gasteiger partial charge is 0.252 e.